The summed E-state index contributed by atoms with van der Waals surface area (Å²) in [7, 11) is 0. The van der Waals surface area contributed by atoms with Crippen molar-refractivity contribution in [3.8, 4) is 22.3 Å². The van der Waals surface area contributed by atoms with E-state index in [4.69, 9.17) is 4.42 Å². The molecule has 4 aromatic rings. The van der Waals surface area contributed by atoms with Crippen LogP contribution in [0.5, 0.6) is 0 Å². The fraction of sp³-hybridized carbons (Fsp3) is 0. The summed E-state index contributed by atoms with van der Waals surface area (Å²) in [5, 5.41) is 1.03. The van der Waals surface area contributed by atoms with Crippen LogP contribution in [-0.4, -0.2) is 16.3 Å². The van der Waals surface area contributed by atoms with Crippen molar-refractivity contribution in [2.24, 2.45) is 0 Å². The second-order valence-corrected chi connectivity index (χ2v) is 5.42. The third-order valence-electron chi connectivity index (χ3n) is 3.99. The van der Waals surface area contributed by atoms with E-state index in [9.17, 15) is 4.79 Å². The molecule has 3 aromatic heterocycles. The van der Waals surface area contributed by atoms with Gasteiger partial charge >= 0.3 is 0 Å². The van der Waals surface area contributed by atoms with E-state index in [1.807, 2.05) is 42.7 Å². The maximum Gasteiger partial charge on any atom is 0.142 e. The topological polar surface area (TPSA) is 58.9 Å². The number of aldehydes is 1. The van der Waals surface area contributed by atoms with Gasteiger partial charge in [0.15, 0.2) is 0 Å². The van der Waals surface area contributed by atoms with E-state index in [-0.39, 0.29) is 0 Å². The SMILES string of the molecule is O=C/C=C/c1ccccc1-c1cnc2[nH]cc(-c3ccoc3)c2c1. The van der Waals surface area contributed by atoms with Crippen LogP contribution < -0.4 is 0 Å². The number of furan rings is 1. The zero-order chi connectivity index (χ0) is 16.4. The van der Waals surface area contributed by atoms with Gasteiger partial charge in [0, 0.05) is 34.5 Å². The van der Waals surface area contributed by atoms with Gasteiger partial charge in [-0.15, -0.1) is 0 Å². The number of H-pyrrole nitrogens is 1. The Morgan fingerprint density at radius 1 is 1.08 bits per heavy atom. The molecule has 4 nitrogen and oxygen atoms in total. The number of hydrogen-bond acceptors (Lipinski definition) is 3. The smallest absolute Gasteiger partial charge is 0.142 e. The summed E-state index contributed by atoms with van der Waals surface area (Å²) in [6, 6.07) is 12.0. The predicted molar refractivity (Wildman–Crippen MR) is 94.3 cm³/mol. The third-order valence-corrected chi connectivity index (χ3v) is 3.99. The number of nitrogens with zero attached hydrogens (tertiary/aromatic N) is 1. The van der Waals surface area contributed by atoms with Gasteiger partial charge in [-0.05, 0) is 29.3 Å². The molecule has 0 aliphatic heterocycles. The third kappa shape index (κ3) is 2.44. The maximum atomic E-state index is 10.6. The quantitative estimate of drug-likeness (QED) is 0.438. The Bertz CT molecular complexity index is 1030. The summed E-state index contributed by atoms with van der Waals surface area (Å²) in [4.78, 5) is 18.4. The van der Waals surface area contributed by atoms with E-state index in [0.29, 0.717) is 0 Å². The molecule has 0 radical (unpaired) electrons. The number of aromatic nitrogens is 2. The van der Waals surface area contributed by atoms with Crippen molar-refractivity contribution >= 4 is 23.4 Å². The minimum absolute atomic E-state index is 0.779. The predicted octanol–water partition coefficient (Wildman–Crippen LogP) is 4.70. The average Bonchev–Trinajstić information content (AvgIpc) is 3.28. The molecule has 0 atom stereocenters. The van der Waals surface area contributed by atoms with Gasteiger partial charge in [0.05, 0.1) is 12.5 Å². The van der Waals surface area contributed by atoms with E-state index >= 15 is 0 Å². The number of benzene rings is 1. The molecule has 116 valence electrons. The lowest BCUT2D eigenvalue weighted by Crippen LogP contribution is -1.86. The molecule has 0 fully saturated rings. The lowest BCUT2D eigenvalue weighted by Gasteiger charge is -2.06. The summed E-state index contributed by atoms with van der Waals surface area (Å²) in [5.41, 5.74) is 5.90. The Morgan fingerprint density at radius 3 is 2.83 bits per heavy atom. The molecule has 1 N–H and O–H groups in total. The number of nitrogens with one attached hydrogen (secondary N) is 1. The number of pyridine rings is 1. The fourth-order valence-electron chi connectivity index (χ4n) is 2.86. The molecule has 0 unspecified atom stereocenters. The number of aromatic amines is 1. The molecule has 0 amide bonds. The number of allylic oxidation sites excluding steroid dienone is 1. The van der Waals surface area contributed by atoms with Crippen molar-refractivity contribution < 1.29 is 9.21 Å². The van der Waals surface area contributed by atoms with Crippen LogP contribution in [0.15, 0.2) is 71.8 Å². The van der Waals surface area contributed by atoms with Gasteiger partial charge in [0.2, 0.25) is 0 Å². The summed E-state index contributed by atoms with van der Waals surface area (Å²) in [6.07, 6.45) is 11.2. The summed E-state index contributed by atoms with van der Waals surface area (Å²) < 4.78 is 5.19. The Hall–Kier alpha value is -3.40. The van der Waals surface area contributed by atoms with Crippen LogP contribution in [0.1, 0.15) is 5.56 Å². The number of fused-ring (bicyclic) bond motifs is 1. The van der Waals surface area contributed by atoms with Crippen LogP contribution in [-0.2, 0) is 4.79 Å². The number of rotatable bonds is 4. The molecule has 0 spiro atoms. The lowest BCUT2D eigenvalue weighted by atomic mass is 9.99. The molecular weight excluding hydrogens is 300 g/mol. The molecule has 0 aliphatic rings. The van der Waals surface area contributed by atoms with Crippen molar-refractivity contribution in [1.29, 1.82) is 0 Å². The highest BCUT2D eigenvalue weighted by atomic mass is 16.3. The first-order chi connectivity index (χ1) is 11.9. The molecule has 24 heavy (non-hydrogen) atoms. The van der Waals surface area contributed by atoms with E-state index in [0.717, 1.165) is 45.1 Å². The zero-order valence-electron chi connectivity index (χ0n) is 12.8. The van der Waals surface area contributed by atoms with Crippen LogP contribution in [0.25, 0.3) is 39.4 Å². The Balaban J connectivity index is 1.88. The monoisotopic (exact) mass is 314 g/mol. The van der Waals surface area contributed by atoms with E-state index in [1.54, 1.807) is 18.6 Å². The molecule has 0 bridgehead atoms. The van der Waals surface area contributed by atoms with Crippen molar-refractivity contribution in [3.05, 3.63) is 73.0 Å². The minimum Gasteiger partial charge on any atom is -0.472 e. The molecule has 1 aromatic carbocycles. The van der Waals surface area contributed by atoms with Crippen LogP contribution in [0.3, 0.4) is 0 Å². The summed E-state index contributed by atoms with van der Waals surface area (Å²) in [5.74, 6) is 0. The minimum atomic E-state index is 0.779. The van der Waals surface area contributed by atoms with Gasteiger partial charge in [-0.1, -0.05) is 30.3 Å². The van der Waals surface area contributed by atoms with E-state index in [2.05, 4.69) is 16.0 Å². The second kappa shape index (κ2) is 6.01. The van der Waals surface area contributed by atoms with E-state index < -0.39 is 0 Å². The lowest BCUT2D eigenvalue weighted by molar-refractivity contribution is -0.104. The highest BCUT2D eigenvalue weighted by Gasteiger charge is 2.11. The van der Waals surface area contributed by atoms with Crippen LogP contribution in [0.4, 0.5) is 0 Å². The first-order valence-electron chi connectivity index (χ1n) is 7.58. The summed E-state index contributed by atoms with van der Waals surface area (Å²) >= 11 is 0. The average molecular weight is 314 g/mol. The molecule has 0 saturated heterocycles. The van der Waals surface area contributed by atoms with Gasteiger partial charge in [0.25, 0.3) is 0 Å². The molecule has 3 heterocycles. The van der Waals surface area contributed by atoms with Gasteiger partial charge in [-0.2, -0.15) is 0 Å². The van der Waals surface area contributed by atoms with Crippen molar-refractivity contribution in [3.63, 3.8) is 0 Å². The maximum absolute atomic E-state index is 10.6. The van der Waals surface area contributed by atoms with Crippen molar-refractivity contribution in [1.82, 2.24) is 9.97 Å². The van der Waals surface area contributed by atoms with Gasteiger partial charge in [-0.25, -0.2) is 4.98 Å². The molecule has 4 heteroatoms. The molecular formula is C20H14N2O2. The summed E-state index contributed by atoms with van der Waals surface area (Å²) in [6.45, 7) is 0. The molecule has 4 rings (SSSR count). The first-order valence-corrected chi connectivity index (χ1v) is 7.58. The van der Waals surface area contributed by atoms with Crippen LogP contribution in [0, 0.1) is 0 Å². The standard InChI is InChI=1S/C20H14N2O2/c23-8-3-5-14-4-1-2-6-17(14)16-10-18-19(15-7-9-24-13-15)12-22-20(18)21-11-16/h1-13H,(H,21,22)/b5-3+. The Kier molecular flexibility index (Phi) is 3.56. The first kappa shape index (κ1) is 14.2. The normalized spacial score (nSPS) is 11.3. The Labute approximate surface area is 138 Å². The van der Waals surface area contributed by atoms with Crippen molar-refractivity contribution in [2.75, 3.05) is 0 Å². The van der Waals surface area contributed by atoms with Gasteiger partial charge in [-0.3, -0.25) is 4.79 Å². The number of hydrogen-bond donors (Lipinski definition) is 1. The fourth-order valence-corrected chi connectivity index (χ4v) is 2.86. The highest BCUT2D eigenvalue weighted by Crippen LogP contribution is 2.32. The molecule has 0 aliphatic carbocycles. The number of carbonyl (C=O) groups excluding carboxylic acids is 1. The van der Waals surface area contributed by atoms with Gasteiger partial charge in [0.1, 0.15) is 11.9 Å². The van der Waals surface area contributed by atoms with Crippen molar-refractivity contribution in [2.45, 2.75) is 0 Å². The zero-order valence-corrected chi connectivity index (χ0v) is 12.8. The highest BCUT2D eigenvalue weighted by molar-refractivity contribution is 5.96. The van der Waals surface area contributed by atoms with E-state index in [1.165, 1.54) is 6.08 Å². The Morgan fingerprint density at radius 2 is 2.00 bits per heavy atom. The van der Waals surface area contributed by atoms with Crippen LogP contribution in [0.2, 0.25) is 0 Å². The number of carbonyl (C=O) groups is 1. The van der Waals surface area contributed by atoms with Crippen LogP contribution >= 0.6 is 0 Å². The van der Waals surface area contributed by atoms with Gasteiger partial charge < -0.3 is 9.40 Å². The second-order valence-electron chi connectivity index (χ2n) is 5.42. The molecule has 0 saturated carbocycles. The largest absolute Gasteiger partial charge is 0.472 e.